The Labute approximate surface area is 137 Å². The van der Waals surface area contributed by atoms with Gasteiger partial charge in [0.15, 0.2) is 5.13 Å². The number of carbonyl (C=O) groups is 1. The van der Waals surface area contributed by atoms with E-state index in [9.17, 15) is 4.79 Å². The summed E-state index contributed by atoms with van der Waals surface area (Å²) in [5, 5.41) is 6.61. The van der Waals surface area contributed by atoms with Gasteiger partial charge >= 0.3 is 0 Å². The summed E-state index contributed by atoms with van der Waals surface area (Å²) in [4.78, 5) is 20.1. The average molecular weight is 327 g/mol. The lowest BCUT2D eigenvalue weighted by Crippen LogP contribution is -2.26. The van der Waals surface area contributed by atoms with Gasteiger partial charge in [-0.15, -0.1) is 11.3 Å². The SMILES string of the molecule is Cc1[nH]c2ccccc2c1-c1csc(NC(=O)C2CCCO2)n1. The van der Waals surface area contributed by atoms with E-state index in [1.54, 1.807) is 0 Å². The molecular weight excluding hydrogens is 310 g/mol. The van der Waals surface area contributed by atoms with Crippen LogP contribution in [-0.4, -0.2) is 28.6 Å². The van der Waals surface area contributed by atoms with Crippen LogP contribution >= 0.6 is 11.3 Å². The molecule has 1 aliphatic heterocycles. The summed E-state index contributed by atoms with van der Waals surface area (Å²) in [6.45, 7) is 2.70. The number of para-hydroxylation sites is 1. The Balaban J connectivity index is 1.62. The molecular formula is C17H17N3O2S. The van der Waals surface area contributed by atoms with Crippen molar-refractivity contribution in [1.82, 2.24) is 9.97 Å². The molecule has 1 aliphatic rings. The molecule has 1 amide bonds. The number of aromatic nitrogens is 2. The fourth-order valence-corrected chi connectivity index (χ4v) is 3.73. The van der Waals surface area contributed by atoms with Crippen molar-refractivity contribution in [2.75, 3.05) is 11.9 Å². The van der Waals surface area contributed by atoms with Crippen molar-refractivity contribution in [1.29, 1.82) is 0 Å². The van der Waals surface area contributed by atoms with E-state index in [0.717, 1.165) is 40.7 Å². The molecule has 3 heterocycles. The molecule has 1 fully saturated rings. The zero-order valence-corrected chi connectivity index (χ0v) is 13.6. The minimum atomic E-state index is -0.336. The standard InChI is InChI=1S/C17H17N3O2S/c1-10-15(11-5-2-3-6-12(11)18-10)13-9-23-17(19-13)20-16(21)14-7-4-8-22-14/h2-3,5-6,9,14,18H,4,7-8H2,1H3,(H,19,20,21). The number of carbonyl (C=O) groups excluding carboxylic acids is 1. The molecule has 0 aliphatic carbocycles. The summed E-state index contributed by atoms with van der Waals surface area (Å²) in [5.74, 6) is -0.0981. The number of aromatic amines is 1. The van der Waals surface area contributed by atoms with Gasteiger partial charge in [0, 0.05) is 34.1 Å². The number of hydrogen-bond acceptors (Lipinski definition) is 4. The zero-order valence-electron chi connectivity index (χ0n) is 12.8. The smallest absolute Gasteiger partial charge is 0.255 e. The van der Waals surface area contributed by atoms with Crippen molar-refractivity contribution >= 4 is 33.3 Å². The van der Waals surface area contributed by atoms with Crippen molar-refractivity contribution in [2.45, 2.75) is 25.9 Å². The van der Waals surface area contributed by atoms with Gasteiger partial charge in [-0.2, -0.15) is 0 Å². The van der Waals surface area contributed by atoms with Crippen molar-refractivity contribution in [3.63, 3.8) is 0 Å². The minimum Gasteiger partial charge on any atom is -0.368 e. The highest BCUT2D eigenvalue weighted by atomic mass is 32.1. The quantitative estimate of drug-likeness (QED) is 0.770. The van der Waals surface area contributed by atoms with Gasteiger partial charge in [-0.3, -0.25) is 10.1 Å². The molecule has 2 N–H and O–H groups in total. The lowest BCUT2D eigenvalue weighted by molar-refractivity contribution is -0.124. The monoisotopic (exact) mass is 327 g/mol. The maximum Gasteiger partial charge on any atom is 0.255 e. The number of fused-ring (bicyclic) bond motifs is 1. The van der Waals surface area contributed by atoms with Gasteiger partial charge in [-0.05, 0) is 25.8 Å². The first-order valence-corrected chi connectivity index (χ1v) is 8.56. The van der Waals surface area contributed by atoms with Gasteiger partial charge in [0.05, 0.1) is 5.69 Å². The second kappa shape index (κ2) is 5.79. The molecule has 0 saturated carbocycles. The van der Waals surface area contributed by atoms with E-state index < -0.39 is 0 Å². The number of thiazole rings is 1. The number of aryl methyl sites for hydroxylation is 1. The molecule has 118 valence electrons. The Morgan fingerprint density at radius 1 is 1.43 bits per heavy atom. The van der Waals surface area contributed by atoms with Crippen LogP contribution in [0, 0.1) is 6.92 Å². The van der Waals surface area contributed by atoms with E-state index in [-0.39, 0.29) is 12.0 Å². The minimum absolute atomic E-state index is 0.0981. The highest BCUT2D eigenvalue weighted by Gasteiger charge is 2.24. The van der Waals surface area contributed by atoms with Crippen LogP contribution in [0.1, 0.15) is 18.5 Å². The highest BCUT2D eigenvalue weighted by molar-refractivity contribution is 7.14. The molecule has 3 aromatic rings. The molecule has 0 radical (unpaired) electrons. The number of anilines is 1. The predicted octanol–water partition coefficient (Wildman–Crippen LogP) is 3.72. The highest BCUT2D eigenvalue weighted by Crippen LogP contribution is 2.34. The normalized spacial score (nSPS) is 17.7. The third kappa shape index (κ3) is 2.64. The third-order valence-corrected chi connectivity index (χ3v) is 4.86. The van der Waals surface area contributed by atoms with Gasteiger partial charge in [0.2, 0.25) is 0 Å². The van der Waals surface area contributed by atoms with Crippen molar-refractivity contribution in [3.8, 4) is 11.3 Å². The van der Waals surface area contributed by atoms with Gasteiger partial charge in [0.1, 0.15) is 6.10 Å². The molecule has 1 aromatic carbocycles. The van der Waals surface area contributed by atoms with E-state index in [2.05, 4.69) is 27.4 Å². The summed E-state index contributed by atoms with van der Waals surface area (Å²) in [7, 11) is 0. The molecule has 1 saturated heterocycles. The summed E-state index contributed by atoms with van der Waals surface area (Å²) in [6, 6.07) is 8.17. The Morgan fingerprint density at radius 3 is 3.13 bits per heavy atom. The lowest BCUT2D eigenvalue weighted by Gasteiger charge is -2.07. The van der Waals surface area contributed by atoms with Crippen LogP contribution in [0.4, 0.5) is 5.13 Å². The van der Waals surface area contributed by atoms with E-state index in [1.165, 1.54) is 11.3 Å². The molecule has 1 atom stereocenters. The van der Waals surface area contributed by atoms with Gasteiger partial charge in [-0.25, -0.2) is 4.98 Å². The topological polar surface area (TPSA) is 67.0 Å². The van der Waals surface area contributed by atoms with E-state index in [1.807, 2.05) is 24.4 Å². The van der Waals surface area contributed by atoms with Crippen LogP contribution in [0.15, 0.2) is 29.6 Å². The fraction of sp³-hybridized carbons (Fsp3) is 0.294. The molecule has 6 heteroatoms. The number of nitrogens with zero attached hydrogens (tertiary/aromatic N) is 1. The van der Waals surface area contributed by atoms with Gasteiger partial charge in [-0.1, -0.05) is 18.2 Å². The Morgan fingerprint density at radius 2 is 2.30 bits per heavy atom. The molecule has 4 rings (SSSR count). The van der Waals surface area contributed by atoms with Gasteiger partial charge in [0.25, 0.3) is 5.91 Å². The van der Waals surface area contributed by atoms with Crippen molar-refractivity contribution in [2.24, 2.45) is 0 Å². The third-order valence-electron chi connectivity index (χ3n) is 4.11. The summed E-state index contributed by atoms with van der Waals surface area (Å²) < 4.78 is 5.40. The molecule has 2 aromatic heterocycles. The Hall–Kier alpha value is -2.18. The number of hydrogen-bond donors (Lipinski definition) is 2. The lowest BCUT2D eigenvalue weighted by atomic mass is 10.1. The number of H-pyrrole nitrogens is 1. The summed E-state index contributed by atoms with van der Waals surface area (Å²) >= 11 is 1.44. The molecule has 1 unspecified atom stereocenters. The second-order valence-corrected chi connectivity index (χ2v) is 6.56. The zero-order chi connectivity index (χ0) is 15.8. The number of benzene rings is 1. The van der Waals surface area contributed by atoms with Gasteiger partial charge < -0.3 is 9.72 Å². The first kappa shape index (κ1) is 14.4. The molecule has 0 bridgehead atoms. The number of ether oxygens (including phenoxy) is 1. The number of rotatable bonds is 3. The molecule has 23 heavy (non-hydrogen) atoms. The van der Waals surface area contributed by atoms with Crippen LogP contribution in [-0.2, 0) is 9.53 Å². The largest absolute Gasteiger partial charge is 0.368 e. The molecule has 5 nitrogen and oxygen atoms in total. The number of nitrogens with one attached hydrogen (secondary N) is 2. The maximum atomic E-state index is 12.1. The van der Waals surface area contributed by atoms with Crippen molar-refractivity contribution < 1.29 is 9.53 Å². The van der Waals surface area contributed by atoms with Crippen LogP contribution in [0.25, 0.3) is 22.2 Å². The number of amides is 1. The first-order valence-electron chi connectivity index (χ1n) is 7.68. The Bertz CT molecular complexity index is 862. The fourth-order valence-electron chi connectivity index (χ4n) is 3.02. The molecule has 0 spiro atoms. The van der Waals surface area contributed by atoms with E-state index in [0.29, 0.717) is 11.7 Å². The Kier molecular flexibility index (Phi) is 3.63. The average Bonchev–Trinajstić information content (AvgIpc) is 3.25. The van der Waals surface area contributed by atoms with Crippen LogP contribution in [0.3, 0.4) is 0 Å². The predicted molar refractivity (Wildman–Crippen MR) is 91.7 cm³/mol. The van der Waals surface area contributed by atoms with Crippen LogP contribution < -0.4 is 5.32 Å². The summed E-state index contributed by atoms with van der Waals surface area (Å²) in [6.07, 6.45) is 1.39. The van der Waals surface area contributed by atoms with E-state index in [4.69, 9.17) is 4.74 Å². The van der Waals surface area contributed by atoms with Crippen LogP contribution in [0.5, 0.6) is 0 Å². The van der Waals surface area contributed by atoms with Crippen molar-refractivity contribution in [3.05, 3.63) is 35.3 Å². The first-order chi connectivity index (χ1) is 11.2. The van der Waals surface area contributed by atoms with E-state index >= 15 is 0 Å². The second-order valence-electron chi connectivity index (χ2n) is 5.70. The van der Waals surface area contributed by atoms with Crippen LogP contribution in [0.2, 0.25) is 0 Å². The maximum absolute atomic E-state index is 12.1. The summed E-state index contributed by atoms with van der Waals surface area (Å²) in [5.41, 5.74) is 4.15.